The fraction of sp³-hybridized carbons (Fsp3) is 0.286. The third kappa shape index (κ3) is 2.68. The summed E-state index contributed by atoms with van der Waals surface area (Å²) in [4.78, 5) is 16.3. The summed E-state index contributed by atoms with van der Waals surface area (Å²) in [6.45, 7) is 0.199. The Morgan fingerprint density at radius 3 is 2.96 bits per heavy atom. The van der Waals surface area contributed by atoms with E-state index in [9.17, 15) is 4.79 Å². The maximum Gasteiger partial charge on any atom is 0.251 e. The minimum Gasteiger partial charge on any atom is -0.497 e. The highest BCUT2D eigenvalue weighted by atomic mass is 16.7. The molecule has 138 valence electrons. The van der Waals surface area contributed by atoms with Gasteiger partial charge in [-0.05, 0) is 61.2 Å². The fourth-order valence-electron chi connectivity index (χ4n) is 3.99. The Hall–Kier alpha value is -3.15. The van der Waals surface area contributed by atoms with Gasteiger partial charge in [0.1, 0.15) is 5.75 Å². The van der Waals surface area contributed by atoms with Crippen LogP contribution in [0.1, 0.15) is 40.5 Å². The number of aryl methyl sites for hydroxylation is 1. The zero-order valence-corrected chi connectivity index (χ0v) is 15.0. The van der Waals surface area contributed by atoms with E-state index < -0.39 is 0 Å². The first kappa shape index (κ1) is 16.1. The minimum atomic E-state index is -0.109. The Labute approximate surface area is 156 Å². The van der Waals surface area contributed by atoms with Gasteiger partial charge in [0.2, 0.25) is 6.79 Å². The van der Waals surface area contributed by atoms with Gasteiger partial charge in [-0.25, -0.2) is 0 Å². The van der Waals surface area contributed by atoms with Crippen LogP contribution in [0.2, 0.25) is 0 Å². The second-order valence-corrected chi connectivity index (χ2v) is 6.92. The van der Waals surface area contributed by atoms with Crippen molar-refractivity contribution in [1.29, 1.82) is 0 Å². The standard InChI is InChI=1S/C21H20N2O4/c1-25-13-6-7-16-15(10-13)14-3-2-4-17(20(14)22-16)23-21(24)12-5-8-18-19(9-12)27-11-26-18/h5-10,17,22H,2-4,11H2,1H3,(H,23,24). The lowest BCUT2D eigenvalue weighted by molar-refractivity contribution is 0.0931. The highest BCUT2D eigenvalue weighted by molar-refractivity contribution is 5.95. The van der Waals surface area contributed by atoms with Crippen molar-refractivity contribution in [3.63, 3.8) is 0 Å². The van der Waals surface area contributed by atoms with Crippen molar-refractivity contribution in [3.05, 3.63) is 53.2 Å². The van der Waals surface area contributed by atoms with Crippen LogP contribution in [0.25, 0.3) is 10.9 Å². The minimum absolute atomic E-state index is 0.0370. The van der Waals surface area contributed by atoms with Crippen molar-refractivity contribution in [3.8, 4) is 17.2 Å². The van der Waals surface area contributed by atoms with E-state index in [-0.39, 0.29) is 18.7 Å². The summed E-state index contributed by atoms with van der Waals surface area (Å²) in [7, 11) is 1.68. The van der Waals surface area contributed by atoms with Crippen molar-refractivity contribution in [2.24, 2.45) is 0 Å². The first-order valence-corrected chi connectivity index (χ1v) is 9.12. The fourth-order valence-corrected chi connectivity index (χ4v) is 3.99. The van der Waals surface area contributed by atoms with Gasteiger partial charge in [0.05, 0.1) is 13.2 Å². The molecule has 2 aromatic carbocycles. The molecule has 1 amide bonds. The molecule has 2 aliphatic rings. The van der Waals surface area contributed by atoms with Crippen LogP contribution in [0.5, 0.6) is 17.2 Å². The predicted octanol–water partition coefficient (Wildman–Crippen LogP) is 3.71. The van der Waals surface area contributed by atoms with Crippen LogP contribution in [0.4, 0.5) is 0 Å². The number of carbonyl (C=O) groups excluding carboxylic acids is 1. The maximum absolute atomic E-state index is 12.8. The molecular formula is C21H20N2O4. The molecule has 3 aromatic rings. The topological polar surface area (TPSA) is 72.6 Å². The maximum atomic E-state index is 12.8. The zero-order chi connectivity index (χ0) is 18.4. The van der Waals surface area contributed by atoms with Crippen LogP contribution in [0.3, 0.4) is 0 Å². The molecule has 2 N–H and O–H groups in total. The van der Waals surface area contributed by atoms with Gasteiger partial charge in [0.25, 0.3) is 5.91 Å². The molecule has 1 aromatic heterocycles. The molecule has 0 saturated carbocycles. The number of hydrogen-bond acceptors (Lipinski definition) is 4. The van der Waals surface area contributed by atoms with Gasteiger partial charge in [-0.15, -0.1) is 0 Å². The molecule has 6 heteroatoms. The first-order valence-electron chi connectivity index (χ1n) is 9.12. The number of nitrogens with one attached hydrogen (secondary N) is 2. The van der Waals surface area contributed by atoms with E-state index >= 15 is 0 Å². The summed E-state index contributed by atoms with van der Waals surface area (Å²) >= 11 is 0. The number of fused-ring (bicyclic) bond motifs is 4. The zero-order valence-electron chi connectivity index (χ0n) is 15.0. The second-order valence-electron chi connectivity index (χ2n) is 6.92. The van der Waals surface area contributed by atoms with Crippen LogP contribution >= 0.6 is 0 Å². The van der Waals surface area contributed by atoms with Crippen LogP contribution in [0.15, 0.2) is 36.4 Å². The lowest BCUT2D eigenvalue weighted by Crippen LogP contribution is -2.31. The summed E-state index contributed by atoms with van der Waals surface area (Å²) in [5, 5.41) is 4.35. The predicted molar refractivity (Wildman–Crippen MR) is 101 cm³/mol. The summed E-state index contributed by atoms with van der Waals surface area (Å²) in [6.07, 6.45) is 2.94. The normalized spacial score (nSPS) is 17.6. The molecule has 0 radical (unpaired) electrons. The number of aromatic nitrogens is 1. The number of amides is 1. The summed E-state index contributed by atoms with van der Waals surface area (Å²) in [6, 6.07) is 11.3. The molecule has 27 heavy (non-hydrogen) atoms. The Balaban J connectivity index is 1.44. The molecule has 1 aliphatic heterocycles. The van der Waals surface area contributed by atoms with Crippen molar-refractivity contribution in [2.75, 3.05) is 13.9 Å². The van der Waals surface area contributed by atoms with Crippen LogP contribution in [-0.4, -0.2) is 24.8 Å². The molecule has 0 spiro atoms. The Morgan fingerprint density at radius 1 is 1.19 bits per heavy atom. The van der Waals surface area contributed by atoms with Gasteiger partial charge in [-0.1, -0.05) is 0 Å². The smallest absolute Gasteiger partial charge is 0.251 e. The highest BCUT2D eigenvalue weighted by Gasteiger charge is 2.26. The molecule has 1 atom stereocenters. The number of methoxy groups -OCH3 is 1. The molecule has 0 saturated heterocycles. The van der Waals surface area contributed by atoms with Crippen LogP contribution in [-0.2, 0) is 6.42 Å². The Morgan fingerprint density at radius 2 is 2.07 bits per heavy atom. The van der Waals surface area contributed by atoms with Crippen LogP contribution < -0.4 is 19.5 Å². The van der Waals surface area contributed by atoms with Gasteiger partial charge < -0.3 is 24.5 Å². The molecule has 0 bridgehead atoms. The van der Waals surface area contributed by atoms with E-state index in [4.69, 9.17) is 14.2 Å². The van der Waals surface area contributed by atoms with E-state index in [0.29, 0.717) is 17.1 Å². The summed E-state index contributed by atoms with van der Waals surface area (Å²) in [5.41, 5.74) is 4.01. The van der Waals surface area contributed by atoms with Crippen molar-refractivity contribution in [2.45, 2.75) is 25.3 Å². The number of ether oxygens (including phenoxy) is 3. The Bertz CT molecular complexity index is 1040. The second kappa shape index (κ2) is 6.23. The van der Waals surface area contributed by atoms with E-state index in [1.807, 2.05) is 12.1 Å². The molecule has 5 rings (SSSR count). The van der Waals surface area contributed by atoms with E-state index in [1.54, 1.807) is 25.3 Å². The molecule has 1 aliphatic carbocycles. The molecule has 0 fully saturated rings. The SMILES string of the molecule is COc1ccc2[nH]c3c(c2c1)CCCC3NC(=O)c1ccc2c(c1)OCO2. The lowest BCUT2D eigenvalue weighted by atomic mass is 9.91. The van der Waals surface area contributed by atoms with Gasteiger partial charge >= 0.3 is 0 Å². The monoisotopic (exact) mass is 364 g/mol. The van der Waals surface area contributed by atoms with Gasteiger partial charge in [0, 0.05) is 22.2 Å². The third-order valence-corrected chi connectivity index (χ3v) is 5.35. The highest BCUT2D eigenvalue weighted by Crippen LogP contribution is 2.37. The van der Waals surface area contributed by atoms with Gasteiger partial charge in [-0.3, -0.25) is 4.79 Å². The Kier molecular flexibility index (Phi) is 3.70. The van der Waals surface area contributed by atoms with E-state index in [0.717, 1.165) is 36.2 Å². The first-order chi connectivity index (χ1) is 13.2. The lowest BCUT2D eigenvalue weighted by Gasteiger charge is -2.24. The average Bonchev–Trinajstić information content (AvgIpc) is 3.31. The van der Waals surface area contributed by atoms with E-state index in [2.05, 4.69) is 16.4 Å². The van der Waals surface area contributed by atoms with Crippen molar-refractivity contribution < 1.29 is 19.0 Å². The van der Waals surface area contributed by atoms with Crippen LogP contribution in [0, 0.1) is 0 Å². The van der Waals surface area contributed by atoms with Crippen molar-refractivity contribution in [1.82, 2.24) is 10.3 Å². The number of aromatic amines is 1. The van der Waals surface area contributed by atoms with Gasteiger partial charge in [0.15, 0.2) is 11.5 Å². The number of hydrogen-bond donors (Lipinski definition) is 2. The number of benzene rings is 2. The number of rotatable bonds is 3. The van der Waals surface area contributed by atoms with Crippen molar-refractivity contribution >= 4 is 16.8 Å². The molecule has 6 nitrogen and oxygen atoms in total. The summed E-state index contributed by atoms with van der Waals surface area (Å²) in [5.74, 6) is 2.03. The molecule has 1 unspecified atom stereocenters. The average molecular weight is 364 g/mol. The quantitative estimate of drug-likeness (QED) is 0.743. The molecular weight excluding hydrogens is 344 g/mol. The van der Waals surface area contributed by atoms with E-state index in [1.165, 1.54) is 10.9 Å². The number of carbonyl (C=O) groups is 1. The van der Waals surface area contributed by atoms with Gasteiger partial charge in [-0.2, -0.15) is 0 Å². The largest absolute Gasteiger partial charge is 0.497 e. The summed E-state index contributed by atoms with van der Waals surface area (Å²) < 4.78 is 16.1. The molecule has 2 heterocycles. The third-order valence-electron chi connectivity index (χ3n) is 5.35. The number of H-pyrrole nitrogens is 1.